The summed E-state index contributed by atoms with van der Waals surface area (Å²) in [4.78, 5) is 10.9. The van der Waals surface area contributed by atoms with E-state index in [0.29, 0.717) is 12.1 Å². The summed E-state index contributed by atoms with van der Waals surface area (Å²) in [6, 6.07) is 6.96. The van der Waals surface area contributed by atoms with Crippen LogP contribution in [0.1, 0.15) is 28.8 Å². The summed E-state index contributed by atoms with van der Waals surface area (Å²) in [5, 5.41) is 20.7. The Hall–Kier alpha value is -1.39. The van der Waals surface area contributed by atoms with E-state index in [1.54, 1.807) is 12.1 Å². The molecule has 0 unspecified atom stereocenters. The van der Waals surface area contributed by atoms with E-state index in [9.17, 15) is 4.79 Å². The fraction of sp³-hybridized carbons (Fsp3) is 0.417. The van der Waals surface area contributed by atoms with Gasteiger partial charge in [0, 0.05) is 13.2 Å². The minimum Gasteiger partial charge on any atom is -0.478 e. The van der Waals surface area contributed by atoms with Crippen molar-refractivity contribution >= 4 is 5.97 Å². The average molecular weight is 223 g/mol. The number of nitrogens with one attached hydrogen (secondary N) is 1. The Bertz CT molecular complexity index is 339. The van der Waals surface area contributed by atoms with Gasteiger partial charge in [0.1, 0.15) is 0 Å². The van der Waals surface area contributed by atoms with E-state index in [-0.39, 0.29) is 6.61 Å². The number of unbranched alkanes of at least 4 members (excludes halogenated alkanes) is 1. The lowest BCUT2D eigenvalue weighted by Crippen LogP contribution is -2.17. The van der Waals surface area contributed by atoms with Crippen LogP contribution in [0.4, 0.5) is 0 Å². The molecule has 0 amide bonds. The molecule has 0 fully saturated rings. The van der Waals surface area contributed by atoms with Crippen LogP contribution < -0.4 is 5.32 Å². The van der Waals surface area contributed by atoms with Gasteiger partial charge in [-0.2, -0.15) is 0 Å². The predicted molar refractivity (Wildman–Crippen MR) is 61.4 cm³/mol. The van der Waals surface area contributed by atoms with E-state index in [0.717, 1.165) is 24.9 Å². The highest BCUT2D eigenvalue weighted by Crippen LogP contribution is 2.08. The quantitative estimate of drug-likeness (QED) is 0.608. The monoisotopic (exact) mass is 223 g/mol. The molecule has 0 saturated carbocycles. The summed E-state index contributed by atoms with van der Waals surface area (Å²) in [5.74, 6) is -0.896. The molecule has 0 saturated heterocycles. The number of hydrogen-bond donors (Lipinski definition) is 3. The Morgan fingerprint density at radius 2 is 2.00 bits per heavy atom. The number of hydrogen-bond acceptors (Lipinski definition) is 3. The zero-order valence-electron chi connectivity index (χ0n) is 9.15. The molecule has 1 aromatic rings. The van der Waals surface area contributed by atoms with E-state index < -0.39 is 5.97 Å². The second kappa shape index (κ2) is 6.98. The molecule has 0 bridgehead atoms. The minimum atomic E-state index is -0.896. The molecule has 1 aromatic carbocycles. The maximum absolute atomic E-state index is 10.9. The van der Waals surface area contributed by atoms with Gasteiger partial charge in [-0.15, -0.1) is 0 Å². The number of aromatic carboxylic acids is 1. The molecule has 16 heavy (non-hydrogen) atoms. The summed E-state index contributed by atoms with van der Waals surface area (Å²) in [6.07, 6.45) is 1.67. The number of carboxylic acid groups (broad SMARTS) is 1. The van der Waals surface area contributed by atoms with E-state index in [4.69, 9.17) is 10.2 Å². The third-order valence-electron chi connectivity index (χ3n) is 2.32. The molecule has 0 radical (unpaired) electrons. The lowest BCUT2D eigenvalue weighted by Gasteiger charge is -2.07. The summed E-state index contributed by atoms with van der Waals surface area (Å²) in [5.41, 5.74) is 1.14. The third-order valence-corrected chi connectivity index (χ3v) is 2.32. The summed E-state index contributed by atoms with van der Waals surface area (Å²) in [6.45, 7) is 1.54. The maximum atomic E-state index is 10.9. The molecule has 0 aromatic heterocycles. The zero-order valence-corrected chi connectivity index (χ0v) is 9.15. The van der Waals surface area contributed by atoms with Crippen LogP contribution >= 0.6 is 0 Å². The lowest BCUT2D eigenvalue weighted by molar-refractivity contribution is 0.0695. The summed E-state index contributed by atoms with van der Waals surface area (Å²) < 4.78 is 0. The predicted octanol–water partition coefficient (Wildman–Crippen LogP) is 1.25. The zero-order chi connectivity index (χ0) is 11.8. The standard InChI is InChI=1S/C12H17NO3/c14-8-4-3-7-13-9-10-5-1-2-6-11(10)12(15)16/h1-2,5-6,13-14H,3-4,7-9H2,(H,15,16). The first-order valence-electron chi connectivity index (χ1n) is 5.38. The van der Waals surface area contributed by atoms with Crippen LogP contribution in [0.3, 0.4) is 0 Å². The van der Waals surface area contributed by atoms with Gasteiger partial charge in [0.2, 0.25) is 0 Å². The maximum Gasteiger partial charge on any atom is 0.336 e. The highest BCUT2D eigenvalue weighted by Gasteiger charge is 2.07. The van der Waals surface area contributed by atoms with Crippen LogP contribution in [-0.4, -0.2) is 29.3 Å². The summed E-state index contributed by atoms with van der Waals surface area (Å²) in [7, 11) is 0. The molecular formula is C12H17NO3. The smallest absolute Gasteiger partial charge is 0.336 e. The Balaban J connectivity index is 2.44. The van der Waals surface area contributed by atoms with Crippen molar-refractivity contribution in [1.29, 1.82) is 0 Å². The van der Waals surface area contributed by atoms with Crippen molar-refractivity contribution in [2.75, 3.05) is 13.2 Å². The Labute approximate surface area is 94.9 Å². The Morgan fingerprint density at radius 3 is 2.69 bits per heavy atom. The van der Waals surface area contributed by atoms with Crippen molar-refractivity contribution < 1.29 is 15.0 Å². The van der Waals surface area contributed by atoms with Gasteiger partial charge in [-0.1, -0.05) is 18.2 Å². The summed E-state index contributed by atoms with van der Waals surface area (Å²) >= 11 is 0. The number of rotatable bonds is 7. The van der Waals surface area contributed by atoms with Gasteiger partial charge in [0.25, 0.3) is 0 Å². The van der Waals surface area contributed by atoms with Gasteiger partial charge in [-0.05, 0) is 31.0 Å². The number of aliphatic hydroxyl groups excluding tert-OH is 1. The van der Waals surface area contributed by atoms with Crippen molar-refractivity contribution in [3.05, 3.63) is 35.4 Å². The number of carbonyl (C=O) groups is 1. The molecule has 0 spiro atoms. The van der Waals surface area contributed by atoms with Crippen LogP contribution in [0.25, 0.3) is 0 Å². The van der Waals surface area contributed by atoms with Crippen LogP contribution in [0.5, 0.6) is 0 Å². The van der Waals surface area contributed by atoms with Gasteiger partial charge in [0.05, 0.1) is 5.56 Å². The highest BCUT2D eigenvalue weighted by atomic mass is 16.4. The molecular weight excluding hydrogens is 206 g/mol. The minimum absolute atomic E-state index is 0.202. The van der Waals surface area contributed by atoms with Gasteiger partial charge >= 0.3 is 5.97 Å². The first kappa shape index (κ1) is 12.7. The molecule has 0 atom stereocenters. The topological polar surface area (TPSA) is 69.6 Å². The van der Waals surface area contributed by atoms with Gasteiger partial charge in [-0.3, -0.25) is 0 Å². The van der Waals surface area contributed by atoms with E-state index in [1.807, 2.05) is 12.1 Å². The van der Waals surface area contributed by atoms with Crippen LogP contribution in [0, 0.1) is 0 Å². The third kappa shape index (κ3) is 4.00. The fourth-order valence-corrected chi connectivity index (χ4v) is 1.47. The Kier molecular flexibility index (Phi) is 5.53. The van der Waals surface area contributed by atoms with Crippen molar-refractivity contribution in [2.24, 2.45) is 0 Å². The number of benzene rings is 1. The first-order chi connectivity index (χ1) is 7.75. The van der Waals surface area contributed by atoms with Crippen LogP contribution in [0.15, 0.2) is 24.3 Å². The molecule has 0 heterocycles. The second-order valence-electron chi connectivity index (χ2n) is 3.57. The molecule has 3 N–H and O–H groups in total. The molecule has 0 aliphatic rings. The largest absolute Gasteiger partial charge is 0.478 e. The number of carboxylic acids is 1. The normalized spacial score (nSPS) is 10.3. The van der Waals surface area contributed by atoms with Gasteiger partial charge in [0.15, 0.2) is 0 Å². The first-order valence-corrected chi connectivity index (χ1v) is 5.38. The average Bonchev–Trinajstić information content (AvgIpc) is 2.29. The lowest BCUT2D eigenvalue weighted by atomic mass is 10.1. The van der Waals surface area contributed by atoms with Crippen molar-refractivity contribution in [3.63, 3.8) is 0 Å². The molecule has 4 heteroatoms. The van der Waals surface area contributed by atoms with E-state index in [2.05, 4.69) is 5.32 Å². The van der Waals surface area contributed by atoms with Crippen molar-refractivity contribution in [2.45, 2.75) is 19.4 Å². The highest BCUT2D eigenvalue weighted by molar-refractivity contribution is 5.89. The molecule has 1 rings (SSSR count). The van der Waals surface area contributed by atoms with Crippen LogP contribution in [-0.2, 0) is 6.54 Å². The van der Waals surface area contributed by atoms with Gasteiger partial charge in [-0.25, -0.2) is 4.79 Å². The second-order valence-corrected chi connectivity index (χ2v) is 3.57. The van der Waals surface area contributed by atoms with E-state index >= 15 is 0 Å². The van der Waals surface area contributed by atoms with Crippen molar-refractivity contribution in [3.8, 4) is 0 Å². The van der Waals surface area contributed by atoms with E-state index in [1.165, 1.54) is 0 Å². The Morgan fingerprint density at radius 1 is 1.25 bits per heavy atom. The molecule has 88 valence electrons. The van der Waals surface area contributed by atoms with Gasteiger partial charge < -0.3 is 15.5 Å². The fourth-order valence-electron chi connectivity index (χ4n) is 1.47. The molecule has 0 aliphatic heterocycles. The SMILES string of the molecule is O=C(O)c1ccccc1CNCCCCO. The van der Waals surface area contributed by atoms with Crippen LogP contribution in [0.2, 0.25) is 0 Å². The number of aliphatic hydroxyl groups is 1. The molecule has 0 aliphatic carbocycles. The van der Waals surface area contributed by atoms with Crippen molar-refractivity contribution in [1.82, 2.24) is 5.32 Å². The molecule has 4 nitrogen and oxygen atoms in total.